The van der Waals surface area contributed by atoms with Gasteiger partial charge in [-0.3, -0.25) is 0 Å². The van der Waals surface area contributed by atoms with Crippen molar-refractivity contribution in [2.75, 3.05) is 18.5 Å². The summed E-state index contributed by atoms with van der Waals surface area (Å²) < 4.78 is 2.16. The van der Waals surface area contributed by atoms with E-state index in [4.69, 9.17) is 4.98 Å². The molecule has 0 aromatic carbocycles. The lowest BCUT2D eigenvalue weighted by Crippen LogP contribution is -2.32. The van der Waals surface area contributed by atoms with Gasteiger partial charge < -0.3 is 14.6 Å². The van der Waals surface area contributed by atoms with Crippen LogP contribution >= 0.6 is 0 Å². The maximum Gasteiger partial charge on any atom is 0.152 e. The highest BCUT2D eigenvalue weighted by molar-refractivity contribution is 5.56. The molecular formula is C14H22N4. The predicted octanol–water partition coefficient (Wildman–Crippen LogP) is 2.29. The monoisotopic (exact) mass is 246 g/mol. The first kappa shape index (κ1) is 12.9. The maximum absolute atomic E-state index is 4.77. The van der Waals surface area contributed by atoms with Crippen molar-refractivity contribution in [3.63, 3.8) is 0 Å². The van der Waals surface area contributed by atoms with E-state index in [1.54, 1.807) is 0 Å². The summed E-state index contributed by atoms with van der Waals surface area (Å²) in [6.45, 7) is 8.38. The minimum Gasteiger partial charge on any atom is -0.353 e. The van der Waals surface area contributed by atoms with E-state index < -0.39 is 0 Å². The zero-order valence-electron chi connectivity index (χ0n) is 11.6. The molecule has 0 bridgehead atoms. The number of aromatic nitrogens is 2. The van der Waals surface area contributed by atoms with Gasteiger partial charge in [0.15, 0.2) is 5.82 Å². The molecule has 98 valence electrons. The predicted molar refractivity (Wildman–Crippen MR) is 76.1 cm³/mol. The molecule has 0 amide bonds. The fraction of sp³-hybridized carbons (Fsp3) is 0.500. The maximum atomic E-state index is 4.77. The Hall–Kier alpha value is -1.55. The number of nitrogens with one attached hydrogen (secondary N) is 1. The van der Waals surface area contributed by atoms with Gasteiger partial charge in [0, 0.05) is 25.3 Å². The third kappa shape index (κ3) is 2.20. The molecule has 2 rings (SSSR count). The third-order valence-corrected chi connectivity index (χ3v) is 3.19. The molecule has 2 aromatic heterocycles. The normalized spacial score (nSPS) is 11.4. The first-order valence-corrected chi connectivity index (χ1v) is 6.56. The molecule has 0 atom stereocenters. The summed E-state index contributed by atoms with van der Waals surface area (Å²) in [4.78, 5) is 7.11. The van der Waals surface area contributed by atoms with Crippen LogP contribution < -0.4 is 10.2 Å². The van der Waals surface area contributed by atoms with Crippen molar-refractivity contribution in [3.8, 4) is 0 Å². The second-order valence-corrected chi connectivity index (χ2v) is 4.72. The number of imidazole rings is 1. The molecular weight excluding hydrogens is 224 g/mol. The van der Waals surface area contributed by atoms with Crippen LogP contribution in [0.4, 0.5) is 5.82 Å². The minimum atomic E-state index is 0.454. The smallest absolute Gasteiger partial charge is 0.152 e. The third-order valence-electron chi connectivity index (χ3n) is 3.19. The molecule has 0 aliphatic carbocycles. The van der Waals surface area contributed by atoms with Crippen LogP contribution in [-0.4, -0.2) is 29.0 Å². The van der Waals surface area contributed by atoms with E-state index in [-0.39, 0.29) is 0 Å². The number of hydrogen-bond acceptors (Lipinski definition) is 3. The molecule has 0 unspecified atom stereocenters. The van der Waals surface area contributed by atoms with Gasteiger partial charge in [-0.05, 0) is 40.0 Å². The highest BCUT2D eigenvalue weighted by Gasteiger charge is 2.18. The standard InChI is InChI=1S/C14H22N4/c1-5-17(11(2)3)14-12(10-15-4)18-9-7-6-8-13(18)16-14/h6-9,11,15H,5,10H2,1-4H3. The summed E-state index contributed by atoms with van der Waals surface area (Å²) in [6, 6.07) is 6.58. The fourth-order valence-electron chi connectivity index (χ4n) is 2.36. The van der Waals surface area contributed by atoms with Crippen LogP contribution in [0.5, 0.6) is 0 Å². The highest BCUT2D eigenvalue weighted by atomic mass is 15.2. The number of anilines is 1. The molecule has 0 aliphatic rings. The molecule has 0 saturated carbocycles. The van der Waals surface area contributed by atoms with Crippen LogP contribution in [0, 0.1) is 0 Å². The van der Waals surface area contributed by atoms with Crippen molar-refractivity contribution in [2.24, 2.45) is 0 Å². The van der Waals surface area contributed by atoms with Crippen molar-refractivity contribution in [2.45, 2.75) is 33.4 Å². The van der Waals surface area contributed by atoms with Gasteiger partial charge in [-0.1, -0.05) is 6.07 Å². The van der Waals surface area contributed by atoms with E-state index in [1.165, 1.54) is 5.69 Å². The Balaban J connectivity index is 2.57. The molecule has 18 heavy (non-hydrogen) atoms. The van der Waals surface area contributed by atoms with E-state index in [9.17, 15) is 0 Å². The summed E-state index contributed by atoms with van der Waals surface area (Å²) in [5, 5.41) is 3.23. The Labute approximate surface area is 109 Å². The first-order valence-electron chi connectivity index (χ1n) is 6.56. The largest absolute Gasteiger partial charge is 0.353 e. The minimum absolute atomic E-state index is 0.454. The summed E-state index contributed by atoms with van der Waals surface area (Å²) in [7, 11) is 1.97. The average molecular weight is 246 g/mol. The molecule has 0 fully saturated rings. The summed E-state index contributed by atoms with van der Waals surface area (Å²) >= 11 is 0. The SMILES string of the molecule is CCN(c1nc2ccccn2c1CNC)C(C)C. The number of rotatable bonds is 5. The van der Waals surface area contributed by atoms with Crippen molar-refractivity contribution < 1.29 is 0 Å². The lowest BCUT2D eigenvalue weighted by atomic mass is 10.3. The van der Waals surface area contributed by atoms with E-state index in [1.807, 2.05) is 19.2 Å². The van der Waals surface area contributed by atoms with E-state index in [0.717, 1.165) is 24.6 Å². The van der Waals surface area contributed by atoms with Crippen LogP contribution in [0.15, 0.2) is 24.4 Å². The van der Waals surface area contributed by atoms with Crippen LogP contribution in [0.2, 0.25) is 0 Å². The van der Waals surface area contributed by atoms with Crippen LogP contribution in [0.1, 0.15) is 26.5 Å². The fourth-order valence-corrected chi connectivity index (χ4v) is 2.36. The average Bonchev–Trinajstić information content (AvgIpc) is 2.70. The molecule has 4 nitrogen and oxygen atoms in total. The van der Waals surface area contributed by atoms with Gasteiger partial charge in [0.2, 0.25) is 0 Å². The molecule has 0 saturated heterocycles. The van der Waals surface area contributed by atoms with Crippen molar-refractivity contribution >= 4 is 11.5 Å². The van der Waals surface area contributed by atoms with Crippen molar-refractivity contribution in [1.29, 1.82) is 0 Å². The van der Waals surface area contributed by atoms with Gasteiger partial charge in [-0.25, -0.2) is 4.98 Å². The summed E-state index contributed by atoms with van der Waals surface area (Å²) in [5.74, 6) is 1.09. The molecule has 2 heterocycles. The molecule has 0 radical (unpaired) electrons. The first-order chi connectivity index (χ1) is 8.69. The number of fused-ring (bicyclic) bond motifs is 1. The van der Waals surface area contributed by atoms with Gasteiger partial charge >= 0.3 is 0 Å². The molecule has 0 spiro atoms. The zero-order valence-corrected chi connectivity index (χ0v) is 11.6. The highest BCUT2D eigenvalue weighted by Crippen LogP contribution is 2.23. The Morgan fingerprint density at radius 1 is 1.39 bits per heavy atom. The Morgan fingerprint density at radius 3 is 2.78 bits per heavy atom. The Bertz CT molecular complexity index is 515. The molecule has 1 N–H and O–H groups in total. The second kappa shape index (κ2) is 5.40. The lowest BCUT2D eigenvalue weighted by Gasteiger charge is -2.26. The van der Waals surface area contributed by atoms with Crippen molar-refractivity contribution in [1.82, 2.24) is 14.7 Å². The van der Waals surface area contributed by atoms with Crippen molar-refractivity contribution in [3.05, 3.63) is 30.1 Å². The van der Waals surface area contributed by atoms with Gasteiger partial charge in [0.1, 0.15) is 5.65 Å². The summed E-state index contributed by atoms with van der Waals surface area (Å²) in [6.07, 6.45) is 2.08. The topological polar surface area (TPSA) is 32.6 Å². The van der Waals surface area contributed by atoms with E-state index in [0.29, 0.717) is 6.04 Å². The number of nitrogens with zero attached hydrogens (tertiary/aromatic N) is 3. The van der Waals surface area contributed by atoms with E-state index in [2.05, 4.69) is 47.7 Å². The zero-order chi connectivity index (χ0) is 13.1. The van der Waals surface area contributed by atoms with Crippen LogP contribution in [0.3, 0.4) is 0 Å². The molecule has 0 aliphatic heterocycles. The lowest BCUT2D eigenvalue weighted by molar-refractivity contribution is 0.682. The van der Waals surface area contributed by atoms with Gasteiger partial charge in [-0.15, -0.1) is 0 Å². The quantitative estimate of drug-likeness (QED) is 0.878. The Morgan fingerprint density at radius 2 is 2.17 bits per heavy atom. The molecule has 2 aromatic rings. The van der Waals surface area contributed by atoms with Crippen LogP contribution in [0.25, 0.3) is 5.65 Å². The van der Waals surface area contributed by atoms with Gasteiger partial charge in [0.05, 0.1) is 5.69 Å². The number of pyridine rings is 1. The van der Waals surface area contributed by atoms with E-state index >= 15 is 0 Å². The summed E-state index contributed by atoms with van der Waals surface area (Å²) in [5.41, 5.74) is 2.24. The molecule has 4 heteroatoms. The number of hydrogen-bond donors (Lipinski definition) is 1. The van der Waals surface area contributed by atoms with Gasteiger partial charge in [0.25, 0.3) is 0 Å². The Kier molecular flexibility index (Phi) is 3.87. The van der Waals surface area contributed by atoms with Gasteiger partial charge in [-0.2, -0.15) is 0 Å². The second-order valence-electron chi connectivity index (χ2n) is 4.72. The van der Waals surface area contributed by atoms with Crippen LogP contribution in [-0.2, 0) is 6.54 Å².